The fraction of sp³-hybridized carbons (Fsp3) is 0.478. The molecule has 0 saturated carbocycles. The van der Waals surface area contributed by atoms with E-state index < -0.39 is 6.10 Å². The number of ether oxygens (including phenoxy) is 5. The van der Waals surface area contributed by atoms with Crippen molar-refractivity contribution in [3.63, 3.8) is 0 Å². The van der Waals surface area contributed by atoms with Gasteiger partial charge in [-0.25, -0.2) is 0 Å². The number of hydrogen-bond acceptors (Lipinski definition) is 6. The molecule has 5 rings (SSSR count). The van der Waals surface area contributed by atoms with E-state index in [0.29, 0.717) is 29.8 Å². The predicted octanol–water partition coefficient (Wildman–Crippen LogP) is 3.63. The molecule has 0 fully saturated rings. The van der Waals surface area contributed by atoms with Crippen molar-refractivity contribution in [1.82, 2.24) is 0 Å². The van der Waals surface area contributed by atoms with Crippen molar-refractivity contribution < 1.29 is 28.8 Å². The van der Waals surface area contributed by atoms with Gasteiger partial charge in [0.25, 0.3) is 0 Å². The van der Waals surface area contributed by atoms with E-state index in [4.69, 9.17) is 23.7 Å². The third-order valence-electron chi connectivity index (χ3n) is 6.28. The number of aliphatic hydroxyl groups excluding tert-OH is 1. The minimum Gasteiger partial charge on any atom is -0.493 e. The fourth-order valence-electron chi connectivity index (χ4n) is 4.64. The highest BCUT2D eigenvalue weighted by molar-refractivity contribution is 5.58. The lowest BCUT2D eigenvalue weighted by atomic mass is 9.80. The smallest absolute Gasteiger partial charge is 0.164 e. The molecule has 0 spiro atoms. The van der Waals surface area contributed by atoms with Gasteiger partial charge >= 0.3 is 0 Å². The maximum absolute atomic E-state index is 11.4. The summed E-state index contributed by atoms with van der Waals surface area (Å²) in [6, 6.07) is 7.58. The molecule has 4 atom stereocenters. The second-order valence-electron chi connectivity index (χ2n) is 8.25. The summed E-state index contributed by atoms with van der Waals surface area (Å²) in [4.78, 5) is 0. The summed E-state index contributed by atoms with van der Waals surface area (Å²) in [7, 11) is 3.20. The number of aliphatic hydroxyl groups is 1. The van der Waals surface area contributed by atoms with Crippen LogP contribution in [0.4, 0.5) is 0 Å². The SMILES string of the molecule is COc1cc2c(cc1OC)[C@@H]1[C@H](O)c3ccc4c(c3O[C@@H]1CO2)C[C@H](C(C)C)O4. The maximum Gasteiger partial charge on any atom is 0.164 e. The van der Waals surface area contributed by atoms with E-state index in [9.17, 15) is 5.11 Å². The second-order valence-corrected chi connectivity index (χ2v) is 8.25. The van der Waals surface area contributed by atoms with Crippen LogP contribution in [-0.4, -0.2) is 38.1 Å². The molecule has 0 amide bonds. The van der Waals surface area contributed by atoms with Gasteiger partial charge in [0.05, 0.1) is 26.2 Å². The normalized spacial score (nSPS) is 26.3. The highest BCUT2D eigenvalue weighted by atomic mass is 16.5. The van der Waals surface area contributed by atoms with Crippen LogP contribution in [0.25, 0.3) is 0 Å². The van der Waals surface area contributed by atoms with Crippen LogP contribution in [0.15, 0.2) is 24.3 Å². The van der Waals surface area contributed by atoms with E-state index in [-0.39, 0.29) is 18.1 Å². The van der Waals surface area contributed by atoms with Crippen molar-refractivity contribution in [2.45, 2.75) is 44.5 Å². The average molecular weight is 398 g/mol. The monoisotopic (exact) mass is 398 g/mol. The van der Waals surface area contributed by atoms with Gasteiger partial charge < -0.3 is 28.8 Å². The first-order valence-corrected chi connectivity index (χ1v) is 10.1. The Morgan fingerprint density at radius 2 is 1.76 bits per heavy atom. The van der Waals surface area contributed by atoms with Gasteiger partial charge in [-0.2, -0.15) is 0 Å². The number of fused-ring (bicyclic) bond motifs is 6. The van der Waals surface area contributed by atoms with Gasteiger partial charge in [0.15, 0.2) is 11.5 Å². The molecule has 6 nitrogen and oxygen atoms in total. The predicted molar refractivity (Wildman–Crippen MR) is 107 cm³/mol. The van der Waals surface area contributed by atoms with E-state index in [1.807, 2.05) is 24.3 Å². The van der Waals surface area contributed by atoms with E-state index in [2.05, 4.69) is 13.8 Å². The van der Waals surface area contributed by atoms with Gasteiger partial charge in [0.2, 0.25) is 0 Å². The van der Waals surface area contributed by atoms with Crippen molar-refractivity contribution in [3.8, 4) is 28.7 Å². The molecule has 6 heteroatoms. The lowest BCUT2D eigenvalue weighted by Gasteiger charge is -2.41. The summed E-state index contributed by atoms with van der Waals surface area (Å²) in [6.07, 6.45) is -0.0569. The first kappa shape index (κ1) is 18.4. The Morgan fingerprint density at radius 3 is 2.48 bits per heavy atom. The lowest BCUT2D eigenvalue weighted by Crippen LogP contribution is -2.42. The van der Waals surface area contributed by atoms with E-state index in [1.54, 1.807) is 14.2 Å². The first-order valence-electron chi connectivity index (χ1n) is 10.1. The van der Waals surface area contributed by atoms with Crippen LogP contribution in [-0.2, 0) is 6.42 Å². The van der Waals surface area contributed by atoms with Gasteiger partial charge in [-0.15, -0.1) is 0 Å². The Labute approximate surface area is 170 Å². The number of benzene rings is 2. The zero-order valence-corrected chi connectivity index (χ0v) is 17.1. The molecule has 0 unspecified atom stereocenters. The Bertz CT molecular complexity index is 953. The summed E-state index contributed by atoms with van der Waals surface area (Å²) in [5.41, 5.74) is 2.73. The van der Waals surface area contributed by atoms with Crippen molar-refractivity contribution in [3.05, 3.63) is 41.0 Å². The number of hydrogen-bond donors (Lipinski definition) is 1. The van der Waals surface area contributed by atoms with Crippen molar-refractivity contribution in [2.24, 2.45) is 5.92 Å². The molecule has 0 bridgehead atoms. The Hall–Kier alpha value is -2.60. The molecule has 0 radical (unpaired) electrons. The van der Waals surface area contributed by atoms with E-state index >= 15 is 0 Å². The van der Waals surface area contributed by atoms with Crippen LogP contribution in [0.2, 0.25) is 0 Å². The standard InChI is InChI=1S/C23H26O6/c1-11(2)16-8-14-15(28-16)6-5-12-22(24)21-13-7-18(25-3)19(26-4)9-17(13)27-10-20(21)29-23(12)14/h5-7,9,11,16,20-22,24H,8,10H2,1-4H3/t16-,20-,21+,22-/m1/s1. The molecule has 0 aliphatic carbocycles. The van der Waals surface area contributed by atoms with Crippen LogP contribution < -0.4 is 23.7 Å². The van der Waals surface area contributed by atoms with Gasteiger partial charge in [0.1, 0.15) is 36.1 Å². The fourth-order valence-corrected chi connectivity index (χ4v) is 4.64. The molecule has 3 aliphatic heterocycles. The minimum absolute atomic E-state index is 0.134. The Kier molecular flexibility index (Phi) is 4.28. The summed E-state index contributed by atoms with van der Waals surface area (Å²) in [5, 5.41) is 11.4. The molecule has 29 heavy (non-hydrogen) atoms. The summed E-state index contributed by atoms with van der Waals surface area (Å²) in [5.74, 6) is 3.68. The summed E-state index contributed by atoms with van der Waals surface area (Å²) >= 11 is 0. The first-order chi connectivity index (χ1) is 14.0. The van der Waals surface area contributed by atoms with Crippen LogP contribution in [0.1, 0.15) is 42.6 Å². The molecule has 2 aromatic rings. The molecule has 154 valence electrons. The molecule has 0 saturated heterocycles. The third kappa shape index (κ3) is 2.73. The topological polar surface area (TPSA) is 66.4 Å². The molecule has 1 N–H and O–H groups in total. The average Bonchev–Trinajstić information content (AvgIpc) is 3.17. The molecular weight excluding hydrogens is 372 g/mol. The van der Waals surface area contributed by atoms with Crippen molar-refractivity contribution >= 4 is 0 Å². The van der Waals surface area contributed by atoms with Crippen LogP contribution in [0, 0.1) is 5.92 Å². The number of methoxy groups -OCH3 is 2. The molecule has 2 aromatic carbocycles. The third-order valence-corrected chi connectivity index (χ3v) is 6.28. The second kappa shape index (κ2) is 6.73. The van der Waals surface area contributed by atoms with Gasteiger partial charge in [-0.05, 0) is 24.1 Å². The van der Waals surface area contributed by atoms with Crippen LogP contribution in [0.5, 0.6) is 28.7 Å². The largest absolute Gasteiger partial charge is 0.493 e. The van der Waals surface area contributed by atoms with Crippen LogP contribution in [0.3, 0.4) is 0 Å². The number of rotatable bonds is 3. The zero-order valence-electron chi connectivity index (χ0n) is 17.1. The van der Waals surface area contributed by atoms with E-state index in [1.165, 1.54) is 0 Å². The van der Waals surface area contributed by atoms with Gasteiger partial charge in [-0.1, -0.05) is 13.8 Å². The Morgan fingerprint density at radius 1 is 1.00 bits per heavy atom. The molecular formula is C23H26O6. The van der Waals surface area contributed by atoms with Crippen molar-refractivity contribution in [2.75, 3.05) is 20.8 Å². The van der Waals surface area contributed by atoms with Crippen LogP contribution >= 0.6 is 0 Å². The van der Waals surface area contributed by atoms with E-state index in [0.717, 1.165) is 34.6 Å². The summed E-state index contributed by atoms with van der Waals surface area (Å²) < 4.78 is 29.3. The van der Waals surface area contributed by atoms with Crippen molar-refractivity contribution in [1.29, 1.82) is 0 Å². The Balaban J connectivity index is 1.56. The molecule has 0 aromatic heterocycles. The highest BCUT2D eigenvalue weighted by Gasteiger charge is 2.45. The minimum atomic E-state index is -0.701. The molecule has 3 heterocycles. The maximum atomic E-state index is 11.4. The highest BCUT2D eigenvalue weighted by Crippen LogP contribution is 2.53. The zero-order chi connectivity index (χ0) is 20.3. The quantitative estimate of drug-likeness (QED) is 0.852. The lowest BCUT2D eigenvalue weighted by molar-refractivity contribution is 0.000779. The van der Waals surface area contributed by atoms with Gasteiger partial charge in [-0.3, -0.25) is 0 Å². The van der Waals surface area contributed by atoms with Gasteiger partial charge in [0, 0.05) is 29.2 Å². The summed E-state index contributed by atoms with van der Waals surface area (Å²) in [6.45, 7) is 4.67. The molecule has 3 aliphatic rings.